The van der Waals surface area contributed by atoms with Crippen molar-refractivity contribution in [2.75, 3.05) is 25.0 Å². The Kier molecular flexibility index (Phi) is 4.85. The molecular weight excluding hydrogens is 266 g/mol. The molecule has 19 heavy (non-hydrogen) atoms. The van der Waals surface area contributed by atoms with Gasteiger partial charge < -0.3 is 15.0 Å². The van der Waals surface area contributed by atoms with Gasteiger partial charge in [-0.25, -0.2) is 4.79 Å². The summed E-state index contributed by atoms with van der Waals surface area (Å²) in [5.41, 5.74) is 0.895. The van der Waals surface area contributed by atoms with Gasteiger partial charge in [0.05, 0.1) is 17.3 Å². The number of ether oxygens (including phenoxy) is 1. The van der Waals surface area contributed by atoms with Gasteiger partial charge in [-0.15, -0.1) is 0 Å². The fourth-order valence-corrected chi connectivity index (χ4v) is 2.31. The molecule has 0 spiro atoms. The first-order chi connectivity index (χ1) is 9.20. The van der Waals surface area contributed by atoms with Crippen LogP contribution < -0.4 is 5.32 Å². The number of piperidine rings is 1. The Bertz CT molecular complexity index is 434. The third-order valence-electron chi connectivity index (χ3n) is 3.15. The molecule has 1 aliphatic heterocycles. The summed E-state index contributed by atoms with van der Waals surface area (Å²) in [7, 11) is 0. The number of halogens is 1. The van der Waals surface area contributed by atoms with Gasteiger partial charge in [0.15, 0.2) is 0 Å². The number of pyridine rings is 1. The molecule has 0 unspecified atom stereocenters. The molecule has 0 atom stereocenters. The van der Waals surface area contributed by atoms with Gasteiger partial charge in [-0.3, -0.25) is 4.98 Å². The van der Waals surface area contributed by atoms with E-state index < -0.39 is 0 Å². The van der Waals surface area contributed by atoms with E-state index in [0.29, 0.717) is 30.8 Å². The molecule has 1 aliphatic rings. The number of hydrogen-bond acceptors (Lipinski definition) is 4. The van der Waals surface area contributed by atoms with Crippen molar-refractivity contribution >= 4 is 23.4 Å². The molecule has 0 aromatic carbocycles. The van der Waals surface area contributed by atoms with E-state index in [1.54, 1.807) is 17.3 Å². The van der Waals surface area contributed by atoms with Crippen LogP contribution in [0.25, 0.3) is 0 Å². The van der Waals surface area contributed by atoms with Crippen molar-refractivity contribution in [3.05, 3.63) is 23.5 Å². The molecule has 1 aromatic heterocycles. The highest BCUT2D eigenvalue weighted by Gasteiger charge is 2.23. The lowest BCUT2D eigenvalue weighted by Gasteiger charge is -2.32. The summed E-state index contributed by atoms with van der Waals surface area (Å²) in [6.45, 7) is 3.65. The minimum absolute atomic E-state index is 0.220. The van der Waals surface area contributed by atoms with E-state index in [2.05, 4.69) is 10.3 Å². The Morgan fingerprint density at radius 3 is 2.95 bits per heavy atom. The maximum atomic E-state index is 11.6. The third-order valence-corrected chi connectivity index (χ3v) is 3.45. The van der Waals surface area contributed by atoms with Crippen molar-refractivity contribution in [1.82, 2.24) is 9.88 Å². The number of nitrogens with zero attached hydrogens (tertiary/aromatic N) is 2. The predicted octanol–water partition coefficient (Wildman–Crippen LogP) is 2.77. The minimum atomic E-state index is -0.220. The average molecular weight is 284 g/mol. The molecule has 1 N–H and O–H groups in total. The standard InChI is InChI=1S/C13H18ClN3O2/c1-2-19-13(18)17-7-4-10(5-8-17)16-12-3-6-15-9-11(12)14/h3,6,9-10H,2,4-5,7-8H2,1H3,(H,15,16). The molecule has 0 aliphatic carbocycles. The maximum Gasteiger partial charge on any atom is 0.409 e. The van der Waals surface area contributed by atoms with Gasteiger partial charge in [0, 0.05) is 31.5 Å². The van der Waals surface area contributed by atoms with E-state index in [0.717, 1.165) is 18.5 Å². The largest absolute Gasteiger partial charge is 0.450 e. The number of anilines is 1. The first-order valence-corrected chi connectivity index (χ1v) is 6.86. The molecule has 104 valence electrons. The van der Waals surface area contributed by atoms with Crippen LogP contribution in [0.2, 0.25) is 5.02 Å². The topological polar surface area (TPSA) is 54.5 Å². The maximum absolute atomic E-state index is 11.6. The van der Waals surface area contributed by atoms with Gasteiger partial charge in [-0.1, -0.05) is 11.6 Å². The number of likely N-dealkylation sites (tertiary alicyclic amines) is 1. The molecule has 1 saturated heterocycles. The Balaban J connectivity index is 1.84. The summed E-state index contributed by atoms with van der Waals surface area (Å²) >= 11 is 6.05. The normalized spacial score (nSPS) is 16.2. The first kappa shape index (κ1) is 13.9. The summed E-state index contributed by atoms with van der Waals surface area (Å²) < 4.78 is 4.99. The molecular formula is C13H18ClN3O2. The van der Waals surface area contributed by atoms with Crippen LogP contribution in [0.15, 0.2) is 18.5 Å². The summed E-state index contributed by atoms with van der Waals surface area (Å²) in [4.78, 5) is 17.3. The number of carbonyl (C=O) groups is 1. The molecule has 5 nitrogen and oxygen atoms in total. The second kappa shape index (κ2) is 6.61. The molecule has 0 radical (unpaired) electrons. The first-order valence-electron chi connectivity index (χ1n) is 6.48. The lowest BCUT2D eigenvalue weighted by Crippen LogP contribution is -2.42. The highest BCUT2D eigenvalue weighted by atomic mass is 35.5. The lowest BCUT2D eigenvalue weighted by atomic mass is 10.1. The van der Waals surface area contributed by atoms with Gasteiger partial charge in [0.25, 0.3) is 0 Å². The second-order valence-electron chi connectivity index (χ2n) is 4.46. The summed E-state index contributed by atoms with van der Waals surface area (Å²) in [6, 6.07) is 2.19. The number of carbonyl (C=O) groups excluding carboxylic acids is 1. The molecule has 6 heteroatoms. The fourth-order valence-electron chi connectivity index (χ4n) is 2.13. The van der Waals surface area contributed by atoms with Crippen LogP contribution >= 0.6 is 11.6 Å². The van der Waals surface area contributed by atoms with E-state index in [4.69, 9.17) is 16.3 Å². The summed E-state index contributed by atoms with van der Waals surface area (Å²) in [5, 5.41) is 4.01. The molecule has 2 heterocycles. The Morgan fingerprint density at radius 1 is 1.58 bits per heavy atom. The van der Waals surface area contributed by atoms with Crippen LogP contribution in [0.1, 0.15) is 19.8 Å². The van der Waals surface area contributed by atoms with Crippen LogP contribution in [0.5, 0.6) is 0 Å². The van der Waals surface area contributed by atoms with Crippen molar-refractivity contribution in [3.8, 4) is 0 Å². The number of nitrogens with one attached hydrogen (secondary N) is 1. The van der Waals surface area contributed by atoms with E-state index in [9.17, 15) is 4.79 Å². The van der Waals surface area contributed by atoms with Crippen LogP contribution in [0.4, 0.5) is 10.5 Å². The van der Waals surface area contributed by atoms with Crippen molar-refractivity contribution in [1.29, 1.82) is 0 Å². The number of hydrogen-bond donors (Lipinski definition) is 1. The monoisotopic (exact) mass is 283 g/mol. The van der Waals surface area contributed by atoms with Gasteiger partial charge in [-0.05, 0) is 25.8 Å². The van der Waals surface area contributed by atoms with E-state index in [-0.39, 0.29) is 6.09 Å². The zero-order valence-corrected chi connectivity index (χ0v) is 11.7. The lowest BCUT2D eigenvalue weighted by molar-refractivity contribution is 0.0983. The quantitative estimate of drug-likeness (QED) is 0.927. The average Bonchev–Trinajstić information content (AvgIpc) is 2.42. The molecule has 1 aromatic rings. The second-order valence-corrected chi connectivity index (χ2v) is 4.87. The van der Waals surface area contributed by atoms with Gasteiger partial charge in [0.2, 0.25) is 0 Å². The van der Waals surface area contributed by atoms with Gasteiger partial charge in [-0.2, -0.15) is 0 Å². The zero-order chi connectivity index (χ0) is 13.7. The summed E-state index contributed by atoms with van der Waals surface area (Å²) in [5.74, 6) is 0. The Labute approximate surface area is 117 Å². The van der Waals surface area contributed by atoms with E-state index in [1.807, 2.05) is 13.0 Å². The predicted molar refractivity (Wildman–Crippen MR) is 74.5 cm³/mol. The minimum Gasteiger partial charge on any atom is -0.450 e. The number of aromatic nitrogens is 1. The van der Waals surface area contributed by atoms with Gasteiger partial charge >= 0.3 is 6.09 Å². The van der Waals surface area contributed by atoms with E-state index >= 15 is 0 Å². The van der Waals surface area contributed by atoms with Crippen LogP contribution in [-0.2, 0) is 4.74 Å². The van der Waals surface area contributed by atoms with Crippen LogP contribution in [-0.4, -0.2) is 41.7 Å². The van der Waals surface area contributed by atoms with Crippen molar-refractivity contribution in [2.45, 2.75) is 25.8 Å². The highest BCUT2D eigenvalue weighted by Crippen LogP contribution is 2.23. The smallest absolute Gasteiger partial charge is 0.409 e. The number of rotatable bonds is 3. The summed E-state index contributed by atoms with van der Waals surface area (Å²) in [6.07, 6.45) is 4.89. The van der Waals surface area contributed by atoms with Crippen LogP contribution in [0, 0.1) is 0 Å². The highest BCUT2D eigenvalue weighted by molar-refractivity contribution is 6.33. The van der Waals surface area contributed by atoms with Crippen molar-refractivity contribution in [2.24, 2.45) is 0 Å². The molecule has 2 rings (SSSR count). The molecule has 0 bridgehead atoms. The number of amides is 1. The zero-order valence-electron chi connectivity index (χ0n) is 10.9. The van der Waals surface area contributed by atoms with Crippen molar-refractivity contribution in [3.63, 3.8) is 0 Å². The molecule has 1 fully saturated rings. The van der Waals surface area contributed by atoms with Crippen LogP contribution in [0.3, 0.4) is 0 Å². The molecule has 1 amide bonds. The fraction of sp³-hybridized carbons (Fsp3) is 0.538. The third kappa shape index (κ3) is 3.73. The Morgan fingerprint density at radius 2 is 2.32 bits per heavy atom. The van der Waals surface area contributed by atoms with Gasteiger partial charge in [0.1, 0.15) is 0 Å². The molecule has 0 saturated carbocycles. The van der Waals surface area contributed by atoms with Crippen molar-refractivity contribution < 1.29 is 9.53 Å². The van der Waals surface area contributed by atoms with E-state index in [1.165, 1.54) is 0 Å². The Hall–Kier alpha value is -1.49. The SMILES string of the molecule is CCOC(=O)N1CCC(Nc2ccncc2Cl)CC1.